The summed E-state index contributed by atoms with van der Waals surface area (Å²) in [6, 6.07) is 9.21. The van der Waals surface area contributed by atoms with E-state index in [0.29, 0.717) is 11.5 Å². The second-order valence-electron chi connectivity index (χ2n) is 5.29. The predicted molar refractivity (Wildman–Crippen MR) is 83.7 cm³/mol. The highest BCUT2D eigenvalue weighted by atomic mass is 19.1. The normalized spacial score (nSPS) is 12.0. The largest absolute Gasteiger partial charge is 0.357 e. The van der Waals surface area contributed by atoms with Crippen LogP contribution >= 0.6 is 0 Å². The van der Waals surface area contributed by atoms with Crippen molar-refractivity contribution in [3.8, 4) is 11.3 Å². The number of likely N-dealkylation sites (N-methyl/N-ethyl adjacent to an activating group) is 1. The van der Waals surface area contributed by atoms with Crippen LogP contribution in [-0.2, 0) is 4.79 Å². The first-order valence-corrected chi connectivity index (χ1v) is 7.09. The summed E-state index contributed by atoms with van der Waals surface area (Å²) in [6.07, 6.45) is 0. The van der Waals surface area contributed by atoms with Crippen LogP contribution in [-0.4, -0.2) is 29.2 Å². The standard InChI is InChI=1S/C16H19FN4O/c1-10(2)15(16(22)18-3)19-14-9-8-13(20-21-14)11-4-6-12(17)7-5-11/h4-10,15H,1-3H3,(H,18,22)(H,19,21). The second kappa shape index (κ2) is 6.98. The predicted octanol–water partition coefficient (Wildman–Crippen LogP) is 2.47. The van der Waals surface area contributed by atoms with Gasteiger partial charge in [0.2, 0.25) is 5.91 Å². The molecule has 1 aromatic carbocycles. The molecule has 0 saturated carbocycles. The third-order valence-corrected chi connectivity index (χ3v) is 3.30. The summed E-state index contributed by atoms with van der Waals surface area (Å²) in [5.41, 5.74) is 1.43. The number of nitrogens with one attached hydrogen (secondary N) is 2. The van der Waals surface area contributed by atoms with Crippen LogP contribution in [0.5, 0.6) is 0 Å². The quantitative estimate of drug-likeness (QED) is 0.890. The first-order chi connectivity index (χ1) is 10.5. The molecule has 0 aliphatic carbocycles. The Bertz CT molecular complexity index is 626. The van der Waals surface area contributed by atoms with Gasteiger partial charge >= 0.3 is 0 Å². The Hall–Kier alpha value is -2.50. The number of benzene rings is 1. The second-order valence-corrected chi connectivity index (χ2v) is 5.29. The van der Waals surface area contributed by atoms with Crippen LogP contribution in [0.3, 0.4) is 0 Å². The monoisotopic (exact) mass is 302 g/mol. The molecule has 0 aliphatic heterocycles. The Balaban J connectivity index is 2.14. The molecule has 1 atom stereocenters. The van der Waals surface area contributed by atoms with Crippen LogP contribution in [0.2, 0.25) is 0 Å². The van der Waals surface area contributed by atoms with Crippen molar-refractivity contribution in [2.45, 2.75) is 19.9 Å². The Labute approximate surface area is 129 Å². The van der Waals surface area contributed by atoms with Crippen molar-refractivity contribution in [2.24, 2.45) is 5.92 Å². The van der Waals surface area contributed by atoms with Crippen molar-refractivity contribution in [2.75, 3.05) is 12.4 Å². The average molecular weight is 302 g/mol. The number of halogens is 1. The maximum atomic E-state index is 12.9. The molecule has 0 radical (unpaired) electrons. The van der Waals surface area contributed by atoms with E-state index in [2.05, 4.69) is 20.8 Å². The highest BCUT2D eigenvalue weighted by Crippen LogP contribution is 2.18. The van der Waals surface area contributed by atoms with Crippen molar-refractivity contribution >= 4 is 11.7 Å². The zero-order chi connectivity index (χ0) is 16.1. The van der Waals surface area contributed by atoms with Gasteiger partial charge in [-0.1, -0.05) is 13.8 Å². The summed E-state index contributed by atoms with van der Waals surface area (Å²) in [5.74, 6) is 0.242. The van der Waals surface area contributed by atoms with Crippen molar-refractivity contribution in [1.82, 2.24) is 15.5 Å². The van der Waals surface area contributed by atoms with Crippen LogP contribution in [0.15, 0.2) is 36.4 Å². The SMILES string of the molecule is CNC(=O)C(Nc1ccc(-c2ccc(F)cc2)nn1)C(C)C. The molecule has 22 heavy (non-hydrogen) atoms. The van der Waals surface area contributed by atoms with E-state index < -0.39 is 0 Å². The number of hydrogen-bond acceptors (Lipinski definition) is 4. The van der Waals surface area contributed by atoms with Gasteiger partial charge in [0.05, 0.1) is 5.69 Å². The summed E-state index contributed by atoms with van der Waals surface area (Å²) in [6.45, 7) is 3.90. The fourth-order valence-electron chi connectivity index (χ4n) is 2.03. The molecular formula is C16H19FN4O. The highest BCUT2D eigenvalue weighted by molar-refractivity contribution is 5.84. The lowest BCUT2D eigenvalue weighted by molar-refractivity contribution is -0.122. The first kappa shape index (κ1) is 15.9. The average Bonchev–Trinajstić information content (AvgIpc) is 2.53. The number of carbonyl (C=O) groups is 1. The molecule has 2 aromatic rings. The molecule has 1 aromatic heterocycles. The van der Waals surface area contributed by atoms with Gasteiger partial charge in [0.1, 0.15) is 17.7 Å². The van der Waals surface area contributed by atoms with E-state index in [-0.39, 0.29) is 23.7 Å². The number of anilines is 1. The maximum absolute atomic E-state index is 12.9. The van der Waals surface area contributed by atoms with E-state index in [1.165, 1.54) is 12.1 Å². The molecule has 5 nitrogen and oxygen atoms in total. The zero-order valence-corrected chi connectivity index (χ0v) is 12.8. The van der Waals surface area contributed by atoms with Crippen molar-refractivity contribution in [1.29, 1.82) is 0 Å². The number of hydrogen-bond donors (Lipinski definition) is 2. The van der Waals surface area contributed by atoms with Crippen molar-refractivity contribution in [3.63, 3.8) is 0 Å². The smallest absolute Gasteiger partial charge is 0.242 e. The van der Waals surface area contributed by atoms with Gasteiger partial charge < -0.3 is 10.6 Å². The van der Waals surface area contributed by atoms with Gasteiger partial charge in [-0.3, -0.25) is 4.79 Å². The maximum Gasteiger partial charge on any atom is 0.242 e. The van der Waals surface area contributed by atoms with Gasteiger partial charge in [0.15, 0.2) is 0 Å². The fraction of sp³-hybridized carbons (Fsp3) is 0.312. The molecule has 2 N–H and O–H groups in total. The third-order valence-electron chi connectivity index (χ3n) is 3.30. The van der Waals surface area contributed by atoms with E-state index in [1.807, 2.05) is 13.8 Å². The van der Waals surface area contributed by atoms with Crippen molar-refractivity contribution in [3.05, 3.63) is 42.2 Å². The number of aromatic nitrogens is 2. The van der Waals surface area contributed by atoms with Gasteiger partial charge in [0, 0.05) is 12.6 Å². The molecule has 0 spiro atoms. The molecule has 1 unspecified atom stereocenters. The van der Waals surface area contributed by atoms with Crippen LogP contribution in [0.4, 0.5) is 10.2 Å². The number of carbonyl (C=O) groups excluding carboxylic acids is 1. The molecule has 2 rings (SSSR count). The van der Waals surface area contributed by atoms with Crippen LogP contribution in [0.25, 0.3) is 11.3 Å². The molecule has 1 amide bonds. The Morgan fingerprint density at radius 2 is 1.77 bits per heavy atom. The molecule has 116 valence electrons. The van der Waals surface area contributed by atoms with Crippen LogP contribution < -0.4 is 10.6 Å². The summed E-state index contributed by atoms with van der Waals surface area (Å²) < 4.78 is 12.9. The summed E-state index contributed by atoms with van der Waals surface area (Å²) >= 11 is 0. The van der Waals surface area contributed by atoms with E-state index in [1.54, 1.807) is 31.3 Å². The van der Waals surface area contributed by atoms with E-state index in [0.717, 1.165) is 5.56 Å². The molecule has 0 fully saturated rings. The molecule has 0 saturated heterocycles. The summed E-state index contributed by atoms with van der Waals surface area (Å²) in [7, 11) is 1.60. The summed E-state index contributed by atoms with van der Waals surface area (Å²) in [5, 5.41) is 13.9. The number of rotatable bonds is 5. The lowest BCUT2D eigenvalue weighted by Crippen LogP contribution is -2.41. The van der Waals surface area contributed by atoms with E-state index >= 15 is 0 Å². The van der Waals surface area contributed by atoms with Crippen LogP contribution in [0, 0.1) is 11.7 Å². The Morgan fingerprint density at radius 3 is 2.27 bits per heavy atom. The van der Waals surface area contributed by atoms with E-state index in [9.17, 15) is 9.18 Å². The van der Waals surface area contributed by atoms with Gasteiger partial charge in [-0.05, 0) is 42.3 Å². The lowest BCUT2D eigenvalue weighted by atomic mass is 10.0. The van der Waals surface area contributed by atoms with Crippen LogP contribution in [0.1, 0.15) is 13.8 Å². The molecule has 0 bridgehead atoms. The van der Waals surface area contributed by atoms with Gasteiger partial charge in [-0.15, -0.1) is 10.2 Å². The van der Waals surface area contributed by atoms with Gasteiger partial charge in [0.25, 0.3) is 0 Å². The summed E-state index contributed by atoms with van der Waals surface area (Å²) in [4.78, 5) is 11.8. The number of amides is 1. The molecule has 1 heterocycles. The zero-order valence-electron chi connectivity index (χ0n) is 12.8. The topological polar surface area (TPSA) is 66.9 Å². The number of nitrogens with zero attached hydrogens (tertiary/aromatic N) is 2. The molecular weight excluding hydrogens is 283 g/mol. The molecule has 0 aliphatic rings. The molecule has 6 heteroatoms. The Kier molecular flexibility index (Phi) is 5.04. The minimum atomic E-state index is -0.379. The Morgan fingerprint density at radius 1 is 1.09 bits per heavy atom. The lowest BCUT2D eigenvalue weighted by Gasteiger charge is -2.20. The third kappa shape index (κ3) is 3.78. The van der Waals surface area contributed by atoms with E-state index in [4.69, 9.17) is 0 Å². The van der Waals surface area contributed by atoms with Gasteiger partial charge in [-0.2, -0.15) is 0 Å². The minimum Gasteiger partial charge on any atom is -0.357 e. The minimum absolute atomic E-state index is 0.0978. The van der Waals surface area contributed by atoms with Gasteiger partial charge in [-0.25, -0.2) is 4.39 Å². The van der Waals surface area contributed by atoms with Crippen molar-refractivity contribution < 1.29 is 9.18 Å². The first-order valence-electron chi connectivity index (χ1n) is 7.09. The highest BCUT2D eigenvalue weighted by Gasteiger charge is 2.21. The fourth-order valence-corrected chi connectivity index (χ4v) is 2.03.